The van der Waals surface area contributed by atoms with Crippen molar-refractivity contribution in [2.75, 3.05) is 20.1 Å². The Bertz CT molecular complexity index is 898. The van der Waals surface area contributed by atoms with Crippen LogP contribution < -0.4 is 15.4 Å². The smallest absolute Gasteiger partial charge is 0.225 e. The summed E-state index contributed by atoms with van der Waals surface area (Å²) in [7, 11) is 1.78. The third kappa shape index (κ3) is 7.35. The molecule has 1 aliphatic heterocycles. The minimum atomic E-state index is 0. The van der Waals surface area contributed by atoms with Crippen LogP contribution in [0.3, 0.4) is 0 Å². The zero-order valence-electron chi connectivity index (χ0n) is 19.3. The molecule has 0 aromatic heterocycles. The Balaban J connectivity index is 0.00000306. The number of halogens is 1. The monoisotopic (exact) mass is 562 g/mol. The van der Waals surface area contributed by atoms with Gasteiger partial charge in [-0.1, -0.05) is 55.3 Å². The normalized spacial score (nSPS) is 18.6. The van der Waals surface area contributed by atoms with Gasteiger partial charge in [-0.25, -0.2) is 0 Å². The average molecular weight is 562 g/mol. The molecule has 2 fully saturated rings. The van der Waals surface area contributed by atoms with E-state index in [1.54, 1.807) is 7.05 Å². The largest absolute Gasteiger partial charge is 0.489 e. The van der Waals surface area contributed by atoms with Crippen molar-refractivity contribution in [3.8, 4) is 5.75 Å². The molecule has 0 bridgehead atoms. The number of aliphatic imine (C=N–C) groups is 1. The van der Waals surface area contributed by atoms with Crippen LogP contribution in [0.1, 0.15) is 43.2 Å². The van der Waals surface area contributed by atoms with Gasteiger partial charge in [-0.15, -0.1) is 24.0 Å². The van der Waals surface area contributed by atoms with E-state index in [1.165, 1.54) is 12.8 Å². The number of rotatable bonds is 7. The van der Waals surface area contributed by atoms with Crippen molar-refractivity contribution in [3.63, 3.8) is 0 Å². The van der Waals surface area contributed by atoms with Gasteiger partial charge in [0.05, 0.1) is 0 Å². The summed E-state index contributed by atoms with van der Waals surface area (Å²) in [6.07, 6.45) is 5.48. The van der Waals surface area contributed by atoms with Crippen LogP contribution in [0.2, 0.25) is 0 Å². The van der Waals surface area contributed by atoms with Crippen molar-refractivity contribution in [3.05, 3.63) is 65.7 Å². The van der Waals surface area contributed by atoms with Crippen molar-refractivity contribution in [2.24, 2.45) is 10.9 Å². The van der Waals surface area contributed by atoms with Gasteiger partial charge in [-0.3, -0.25) is 9.79 Å². The highest BCUT2D eigenvalue weighted by Gasteiger charge is 2.32. The van der Waals surface area contributed by atoms with Crippen molar-refractivity contribution in [1.82, 2.24) is 15.5 Å². The molecule has 7 heteroatoms. The van der Waals surface area contributed by atoms with Crippen LogP contribution in [0.25, 0.3) is 0 Å². The van der Waals surface area contributed by atoms with E-state index >= 15 is 0 Å². The number of likely N-dealkylation sites (tertiary alicyclic amines) is 1. The molecule has 178 valence electrons. The Morgan fingerprint density at radius 1 is 1.03 bits per heavy atom. The van der Waals surface area contributed by atoms with Gasteiger partial charge >= 0.3 is 0 Å². The van der Waals surface area contributed by atoms with Gasteiger partial charge in [0.15, 0.2) is 5.96 Å². The fourth-order valence-electron chi connectivity index (χ4n) is 4.53. The third-order valence-electron chi connectivity index (χ3n) is 6.40. The lowest BCUT2D eigenvalue weighted by Gasteiger charge is -2.21. The van der Waals surface area contributed by atoms with E-state index in [4.69, 9.17) is 4.74 Å². The molecule has 1 atom stereocenters. The summed E-state index contributed by atoms with van der Waals surface area (Å²) < 4.78 is 5.86. The third-order valence-corrected chi connectivity index (χ3v) is 6.40. The molecule has 4 rings (SSSR count). The molecule has 1 aliphatic carbocycles. The van der Waals surface area contributed by atoms with Crippen LogP contribution in [-0.4, -0.2) is 42.9 Å². The number of hydrogen-bond donors (Lipinski definition) is 2. The molecule has 1 saturated heterocycles. The number of guanidine groups is 1. The summed E-state index contributed by atoms with van der Waals surface area (Å²) in [6, 6.07) is 18.6. The Morgan fingerprint density at radius 3 is 2.45 bits per heavy atom. The lowest BCUT2D eigenvalue weighted by Crippen LogP contribution is -2.45. The molecule has 2 aromatic carbocycles. The maximum atomic E-state index is 12.7. The van der Waals surface area contributed by atoms with Gasteiger partial charge in [0.2, 0.25) is 5.91 Å². The number of ether oxygens (including phenoxy) is 1. The summed E-state index contributed by atoms with van der Waals surface area (Å²) in [5.74, 6) is 2.24. The Hall–Kier alpha value is -2.29. The fourth-order valence-corrected chi connectivity index (χ4v) is 4.53. The first-order valence-electron chi connectivity index (χ1n) is 11.7. The van der Waals surface area contributed by atoms with E-state index in [0.29, 0.717) is 19.1 Å². The van der Waals surface area contributed by atoms with Crippen molar-refractivity contribution >= 4 is 35.8 Å². The van der Waals surface area contributed by atoms with Gasteiger partial charge in [0, 0.05) is 38.6 Å². The number of hydrogen-bond acceptors (Lipinski definition) is 3. The zero-order chi connectivity index (χ0) is 22.2. The SMILES string of the molecule is CN=C(NCc1ccc(OCc2ccccc2)cc1)NC1CCN(C(=O)C2CCCC2)C1.I. The number of carbonyl (C=O) groups is 1. The fraction of sp³-hybridized carbons (Fsp3) is 0.462. The first-order valence-corrected chi connectivity index (χ1v) is 11.7. The van der Waals surface area contributed by atoms with Crippen LogP contribution in [0.15, 0.2) is 59.6 Å². The Kier molecular flexibility index (Phi) is 9.84. The topological polar surface area (TPSA) is 66.0 Å². The molecule has 2 aliphatic rings. The molecule has 6 nitrogen and oxygen atoms in total. The number of carbonyl (C=O) groups excluding carboxylic acids is 1. The second kappa shape index (κ2) is 12.8. The lowest BCUT2D eigenvalue weighted by atomic mass is 10.1. The van der Waals surface area contributed by atoms with E-state index in [2.05, 4.69) is 39.9 Å². The number of nitrogens with zero attached hydrogens (tertiary/aromatic N) is 2. The maximum Gasteiger partial charge on any atom is 0.225 e. The van der Waals surface area contributed by atoms with Crippen LogP contribution in [0, 0.1) is 5.92 Å². The predicted molar refractivity (Wildman–Crippen MR) is 143 cm³/mol. The zero-order valence-corrected chi connectivity index (χ0v) is 21.7. The molecule has 2 N–H and O–H groups in total. The van der Waals surface area contributed by atoms with Crippen molar-refractivity contribution in [1.29, 1.82) is 0 Å². The van der Waals surface area contributed by atoms with Crippen molar-refractivity contribution in [2.45, 2.75) is 51.3 Å². The number of benzene rings is 2. The molecule has 1 heterocycles. The van der Waals surface area contributed by atoms with E-state index in [-0.39, 0.29) is 35.9 Å². The van der Waals surface area contributed by atoms with E-state index in [1.807, 2.05) is 35.2 Å². The lowest BCUT2D eigenvalue weighted by molar-refractivity contribution is -0.134. The molecule has 1 amide bonds. The summed E-state index contributed by atoms with van der Waals surface area (Å²) in [4.78, 5) is 19.1. The van der Waals surface area contributed by atoms with Crippen LogP contribution >= 0.6 is 24.0 Å². The van der Waals surface area contributed by atoms with Crippen molar-refractivity contribution < 1.29 is 9.53 Å². The number of nitrogens with one attached hydrogen (secondary N) is 2. The Morgan fingerprint density at radius 2 is 1.76 bits per heavy atom. The first-order chi connectivity index (χ1) is 15.7. The second-order valence-electron chi connectivity index (χ2n) is 8.74. The van der Waals surface area contributed by atoms with E-state index in [0.717, 1.165) is 55.2 Å². The average Bonchev–Trinajstić information content (AvgIpc) is 3.54. The first kappa shape index (κ1) is 25.3. The minimum absolute atomic E-state index is 0. The van der Waals surface area contributed by atoms with Gasteiger partial charge in [-0.05, 0) is 42.5 Å². The predicted octanol–water partition coefficient (Wildman–Crippen LogP) is 4.34. The molecule has 2 aromatic rings. The van der Waals surface area contributed by atoms with Gasteiger partial charge < -0.3 is 20.3 Å². The minimum Gasteiger partial charge on any atom is -0.489 e. The van der Waals surface area contributed by atoms with E-state index in [9.17, 15) is 4.79 Å². The molecule has 0 radical (unpaired) electrons. The molecular weight excluding hydrogens is 527 g/mol. The van der Waals surface area contributed by atoms with Gasteiger partial charge in [0.25, 0.3) is 0 Å². The van der Waals surface area contributed by atoms with E-state index < -0.39 is 0 Å². The summed E-state index contributed by atoms with van der Waals surface area (Å²) in [5, 5.41) is 6.87. The van der Waals surface area contributed by atoms with Gasteiger partial charge in [-0.2, -0.15) is 0 Å². The summed E-state index contributed by atoms with van der Waals surface area (Å²) in [5.41, 5.74) is 2.31. The Labute approximate surface area is 214 Å². The van der Waals surface area contributed by atoms with Crippen LogP contribution in [0.5, 0.6) is 5.75 Å². The molecule has 0 spiro atoms. The molecule has 1 unspecified atom stereocenters. The highest BCUT2D eigenvalue weighted by molar-refractivity contribution is 14.0. The number of amides is 1. The van der Waals surface area contributed by atoms with Gasteiger partial charge in [0.1, 0.15) is 12.4 Å². The summed E-state index contributed by atoms with van der Waals surface area (Å²) in [6.45, 7) is 2.85. The second-order valence-corrected chi connectivity index (χ2v) is 8.74. The molecular formula is C26H35IN4O2. The van der Waals surface area contributed by atoms with Crippen LogP contribution in [-0.2, 0) is 17.9 Å². The van der Waals surface area contributed by atoms with Crippen LogP contribution in [0.4, 0.5) is 0 Å². The highest BCUT2D eigenvalue weighted by atomic mass is 127. The summed E-state index contributed by atoms with van der Waals surface area (Å²) >= 11 is 0. The standard InChI is InChI=1S/C26H34N4O2.HI/c1-27-26(29-23-15-16-30(18-23)25(31)22-9-5-6-10-22)28-17-20-11-13-24(14-12-20)32-19-21-7-3-2-4-8-21;/h2-4,7-8,11-14,22-23H,5-6,9-10,15-19H2,1H3,(H2,27,28,29);1H. The maximum absolute atomic E-state index is 12.7. The highest BCUT2D eigenvalue weighted by Crippen LogP contribution is 2.27. The molecule has 33 heavy (non-hydrogen) atoms. The quantitative estimate of drug-likeness (QED) is 0.300. The molecule has 1 saturated carbocycles.